The second-order valence-corrected chi connectivity index (χ2v) is 9.40. The number of hydrogen-bond donors (Lipinski definition) is 2. The van der Waals surface area contributed by atoms with Gasteiger partial charge in [-0.1, -0.05) is 6.92 Å². The van der Waals surface area contributed by atoms with E-state index in [0.29, 0.717) is 19.0 Å². The lowest BCUT2D eigenvalue weighted by atomic mass is 9.98. The lowest BCUT2D eigenvalue weighted by Crippen LogP contribution is -2.49. The second kappa shape index (κ2) is 10.2. The van der Waals surface area contributed by atoms with E-state index in [0.717, 1.165) is 62.8 Å². The first kappa shape index (κ1) is 23.3. The fourth-order valence-corrected chi connectivity index (χ4v) is 4.58. The zero-order valence-corrected chi connectivity index (χ0v) is 20.0. The maximum Gasteiger partial charge on any atom is 0.211 e. The van der Waals surface area contributed by atoms with E-state index in [2.05, 4.69) is 32.6 Å². The summed E-state index contributed by atoms with van der Waals surface area (Å²) in [4.78, 5) is 8.90. The normalized spacial score (nSPS) is 21.7. The van der Waals surface area contributed by atoms with Crippen LogP contribution in [0.15, 0.2) is 4.99 Å². The van der Waals surface area contributed by atoms with Gasteiger partial charge in [-0.2, -0.15) is 5.10 Å². The monoisotopic (exact) mass is 525 g/mol. The van der Waals surface area contributed by atoms with Gasteiger partial charge in [-0.15, -0.1) is 24.0 Å². The maximum atomic E-state index is 11.6. The van der Waals surface area contributed by atoms with Crippen LogP contribution in [-0.4, -0.2) is 72.4 Å². The van der Waals surface area contributed by atoms with Gasteiger partial charge in [0.05, 0.1) is 12.8 Å². The van der Waals surface area contributed by atoms with Gasteiger partial charge in [-0.25, -0.2) is 22.4 Å². The van der Waals surface area contributed by atoms with Crippen LogP contribution >= 0.6 is 24.0 Å². The van der Waals surface area contributed by atoms with E-state index in [1.807, 2.05) is 4.68 Å². The number of aryl methyl sites for hydroxylation is 2. The number of aliphatic imine (C=N–C) groups is 1. The molecular formula is C17H32IN7O2S. The Kier molecular flexibility index (Phi) is 8.49. The number of guanidine groups is 1. The third kappa shape index (κ3) is 6.02. The van der Waals surface area contributed by atoms with Crippen molar-refractivity contribution in [1.29, 1.82) is 0 Å². The Hall–Kier alpha value is -0.950. The minimum absolute atomic E-state index is 0. The molecule has 0 saturated carbocycles. The van der Waals surface area contributed by atoms with Crippen LogP contribution in [0.1, 0.15) is 37.8 Å². The van der Waals surface area contributed by atoms with Crippen molar-refractivity contribution in [2.45, 2.75) is 51.6 Å². The fourth-order valence-electron chi connectivity index (χ4n) is 3.70. The van der Waals surface area contributed by atoms with Crippen LogP contribution in [-0.2, 0) is 29.4 Å². The Morgan fingerprint density at radius 1 is 1.29 bits per heavy atom. The molecule has 9 nitrogen and oxygen atoms in total. The fraction of sp³-hybridized carbons (Fsp3) is 0.824. The van der Waals surface area contributed by atoms with E-state index in [4.69, 9.17) is 0 Å². The summed E-state index contributed by atoms with van der Waals surface area (Å²) in [5.74, 6) is 3.24. The van der Waals surface area contributed by atoms with Gasteiger partial charge >= 0.3 is 0 Å². The molecule has 1 aromatic rings. The SMILES string of the molecule is CCc1nc2n(n1)CC(NC(=NC)NCC1CCN(S(C)(=O)=O)CC1)CC2.I. The minimum atomic E-state index is -3.07. The van der Waals surface area contributed by atoms with Crippen LogP contribution in [0, 0.1) is 5.92 Å². The molecule has 1 fully saturated rings. The number of halogens is 1. The van der Waals surface area contributed by atoms with Crippen molar-refractivity contribution < 1.29 is 8.42 Å². The maximum absolute atomic E-state index is 11.6. The third-order valence-corrected chi connectivity index (χ3v) is 6.69. The lowest BCUT2D eigenvalue weighted by Gasteiger charge is -2.31. The highest BCUT2D eigenvalue weighted by atomic mass is 127. The number of aromatic nitrogens is 3. The summed E-state index contributed by atoms with van der Waals surface area (Å²) >= 11 is 0. The van der Waals surface area contributed by atoms with Crippen molar-refractivity contribution in [3.8, 4) is 0 Å². The van der Waals surface area contributed by atoms with Crippen LogP contribution in [0.4, 0.5) is 0 Å². The molecule has 0 bridgehead atoms. The van der Waals surface area contributed by atoms with Gasteiger partial charge in [0, 0.05) is 45.6 Å². The number of rotatable bonds is 5. The Morgan fingerprint density at radius 3 is 2.61 bits per heavy atom. The molecular weight excluding hydrogens is 493 g/mol. The highest BCUT2D eigenvalue weighted by molar-refractivity contribution is 14.0. The predicted molar refractivity (Wildman–Crippen MR) is 121 cm³/mol. The summed E-state index contributed by atoms with van der Waals surface area (Å²) in [6.45, 7) is 4.89. The lowest BCUT2D eigenvalue weighted by molar-refractivity contribution is 0.274. The number of hydrogen-bond acceptors (Lipinski definition) is 5. The molecule has 1 unspecified atom stereocenters. The predicted octanol–water partition coefficient (Wildman–Crippen LogP) is 0.610. The highest BCUT2D eigenvalue weighted by Gasteiger charge is 2.26. The average molecular weight is 525 g/mol. The Morgan fingerprint density at radius 2 is 2.00 bits per heavy atom. The van der Waals surface area contributed by atoms with Crippen molar-refractivity contribution in [3.05, 3.63) is 11.6 Å². The Bertz CT molecular complexity index is 772. The summed E-state index contributed by atoms with van der Waals surface area (Å²) in [6.07, 6.45) is 5.83. The number of fused-ring (bicyclic) bond motifs is 1. The van der Waals surface area contributed by atoms with E-state index in [1.165, 1.54) is 6.26 Å². The first-order chi connectivity index (χ1) is 12.9. The molecule has 3 rings (SSSR count). The first-order valence-corrected chi connectivity index (χ1v) is 11.6. The molecule has 3 heterocycles. The summed E-state index contributed by atoms with van der Waals surface area (Å²) in [6, 6.07) is 0.280. The van der Waals surface area contributed by atoms with Gasteiger partial charge in [0.15, 0.2) is 11.8 Å². The first-order valence-electron chi connectivity index (χ1n) is 9.74. The van der Waals surface area contributed by atoms with E-state index in [-0.39, 0.29) is 30.0 Å². The van der Waals surface area contributed by atoms with Gasteiger partial charge in [-0.3, -0.25) is 4.99 Å². The van der Waals surface area contributed by atoms with Gasteiger partial charge in [-0.05, 0) is 25.2 Å². The molecule has 28 heavy (non-hydrogen) atoms. The van der Waals surface area contributed by atoms with Gasteiger partial charge < -0.3 is 10.6 Å². The Balaban J connectivity index is 0.00000280. The van der Waals surface area contributed by atoms with Crippen LogP contribution in [0.5, 0.6) is 0 Å². The van der Waals surface area contributed by atoms with Crippen LogP contribution in [0.3, 0.4) is 0 Å². The largest absolute Gasteiger partial charge is 0.356 e. The number of sulfonamides is 1. The molecule has 2 aliphatic heterocycles. The molecule has 11 heteroatoms. The molecule has 2 N–H and O–H groups in total. The summed E-state index contributed by atoms with van der Waals surface area (Å²) in [5.41, 5.74) is 0. The summed E-state index contributed by atoms with van der Waals surface area (Å²) < 4.78 is 26.8. The van der Waals surface area contributed by atoms with Crippen LogP contribution in [0.2, 0.25) is 0 Å². The summed E-state index contributed by atoms with van der Waals surface area (Å²) in [5, 5.41) is 11.4. The highest BCUT2D eigenvalue weighted by Crippen LogP contribution is 2.18. The van der Waals surface area contributed by atoms with Crippen molar-refractivity contribution in [1.82, 2.24) is 29.7 Å². The molecule has 0 aliphatic carbocycles. The molecule has 0 aromatic carbocycles. The van der Waals surface area contributed by atoms with Crippen molar-refractivity contribution in [2.24, 2.45) is 10.9 Å². The van der Waals surface area contributed by atoms with E-state index < -0.39 is 10.0 Å². The quantitative estimate of drug-likeness (QED) is 0.332. The van der Waals surface area contributed by atoms with Gasteiger partial charge in [0.2, 0.25) is 10.0 Å². The van der Waals surface area contributed by atoms with E-state index >= 15 is 0 Å². The van der Waals surface area contributed by atoms with E-state index in [1.54, 1.807) is 11.4 Å². The standard InChI is InChI=1S/C17H31N7O2S.HI/c1-4-15-21-16-6-5-14(12-24(16)22-15)20-17(18-2)19-11-13-7-9-23(10-8-13)27(3,25)26;/h13-14H,4-12H2,1-3H3,(H2,18,19,20);1H. The third-order valence-electron chi connectivity index (χ3n) is 5.38. The number of nitrogens with one attached hydrogen (secondary N) is 2. The summed E-state index contributed by atoms with van der Waals surface area (Å²) in [7, 11) is -1.29. The van der Waals surface area contributed by atoms with E-state index in [9.17, 15) is 8.42 Å². The van der Waals surface area contributed by atoms with Gasteiger partial charge in [0.1, 0.15) is 5.82 Å². The molecule has 1 saturated heterocycles. The molecule has 0 radical (unpaired) electrons. The van der Waals surface area contributed by atoms with Crippen molar-refractivity contribution >= 4 is 40.0 Å². The smallest absolute Gasteiger partial charge is 0.211 e. The number of nitrogens with zero attached hydrogens (tertiary/aromatic N) is 5. The molecule has 0 spiro atoms. The molecule has 1 atom stereocenters. The van der Waals surface area contributed by atoms with Crippen LogP contribution in [0.25, 0.3) is 0 Å². The molecule has 0 amide bonds. The van der Waals surface area contributed by atoms with Crippen LogP contribution < -0.4 is 10.6 Å². The van der Waals surface area contributed by atoms with Gasteiger partial charge in [0.25, 0.3) is 0 Å². The minimum Gasteiger partial charge on any atom is -0.356 e. The zero-order chi connectivity index (χ0) is 19.4. The zero-order valence-electron chi connectivity index (χ0n) is 16.9. The second-order valence-electron chi connectivity index (χ2n) is 7.42. The Labute approximate surface area is 184 Å². The molecule has 1 aromatic heterocycles. The number of piperidine rings is 1. The molecule has 160 valence electrons. The topological polar surface area (TPSA) is 105 Å². The molecule has 2 aliphatic rings. The van der Waals surface area contributed by atoms with Crippen molar-refractivity contribution in [2.75, 3.05) is 32.9 Å². The average Bonchev–Trinajstić information content (AvgIpc) is 3.07. The van der Waals surface area contributed by atoms with Crippen molar-refractivity contribution in [3.63, 3.8) is 0 Å².